The Labute approximate surface area is 155 Å². The second-order valence-corrected chi connectivity index (χ2v) is 7.72. The number of fused-ring (bicyclic) bond motifs is 1. The Hall–Kier alpha value is -1.98. The Morgan fingerprint density at radius 1 is 0.885 bits per heavy atom. The van der Waals surface area contributed by atoms with Gasteiger partial charge in [0.1, 0.15) is 0 Å². The maximum Gasteiger partial charge on any atom is 0.234 e. The zero-order chi connectivity index (χ0) is 18.1. The molecule has 1 aromatic rings. The molecule has 0 bridgehead atoms. The summed E-state index contributed by atoms with van der Waals surface area (Å²) in [6.45, 7) is 7.33. The zero-order valence-corrected chi connectivity index (χ0v) is 15.4. The van der Waals surface area contributed by atoms with E-state index in [0.717, 1.165) is 45.6 Å². The molecule has 0 radical (unpaired) electrons. The molecule has 2 atom stereocenters. The lowest BCUT2D eigenvalue weighted by molar-refractivity contribution is -0.142. The Morgan fingerprint density at radius 2 is 1.46 bits per heavy atom. The molecule has 3 aliphatic rings. The average molecular weight is 353 g/mol. The number of hydrogen-bond donors (Lipinski definition) is 0. The summed E-state index contributed by atoms with van der Waals surface area (Å²) in [5.74, 6) is -0.164. The minimum absolute atomic E-state index is 0.0340. The number of imide groups is 1. The van der Waals surface area contributed by atoms with Gasteiger partial charge in [-0.3, -0.25) is 24.3 Å². The van der Waals surface area contributed by atoms with E-state index >= 15 is 0 Å². The third kappa shape index (κ3) is 3.33. The second kappa shape index (κ2) is 7.33. The van der Waals surface area contributed by atoms with Crippen molar-refractivity contribution in [3.05, 3.63) is 47.5 Å². The summed E-state index contributed by atoms with van der Waals surface area (Å²) in [5, 5.41) is 0. The van der Waals surface area contributed by atoms with Gasteiger partial charge in [-0.1, -0.05) is 36.4 Å². The number of allylic oxidation sites excluding steroid dienone is 2. The fourth-order valence-corrected chi connectivity index (χ4v) is 4.33. The summed E-state index contributed by atoms with van der Waals surface area (Å²) in [4.78, 5) is 31.4. The molecule has 138 valence electrons. The number of rotatable bonds is 4. The normalized spacial score (nSPS) is 27.2. The van der Waals surface area contributed by atoms with Crippen LogP contribution in [0.2, 0.25) is 0 Å². The fourth-order valence-electron chi connectivity index (χ4n) is 4.33. The van der Waals surface area contributed by atoms with Crippen LogP contribution in [0.3, 0.4) is 0 Å². The van der Waals surface area contributed by atoms with Gasteiger partial charge < -0.3 is 0 Å². The van der Waals surface area contributed by atoms with Crippen LogP contribution in [0.25, 0.3) is 0 Å². The van der Waals surface area contributed by atoms with Crippen molar-refractivity contribution in [2.45, 2.75) is 26.3 Å². The number of likely N-dealkylation sites (tertiary alicyclic amines) is 1. The van der Waals surface area contributed by atoms with Gasteiger partial charge in [-0.05, 0) is 30.9 Å². The number of aryl methyl sites for hydroxylation is 1. The predicted molar refractivity (Wildman–Crippen MR) is 100 cm³/mol. The van der Waals surface area contributed by atoms with Gasteiger partial charge in [-0.25, -0.2) is 0 Å². The molecule has 2 aliphatic heterocycles. The first-order valence-corrected chi connectivity index (χ1v) is 9.63. The van der Waals surface area contributed by atoms with Crippen LogP contribution in [0.15, 0.2) is 36.4 Å². The SMILES string of the molecule is Cc1ccccc1CN1CCN(CN2C(=O)[C@@H]3CC=CC[C@H]3C2=O)CC1. The molecule has 2 fully saturated rings. The largest absolute Gasteiger partial charge is 0.297 e. The van der Waals surface area contributed by atoms with Gasteiger partial charge in [-0.15, -0.1) is 0 Å². The summed E-state index contributed by atoms with van der Waals surface area (Å²) in [5.41, 5.74) is 2.71. The van der Waals surface area contributed by atoms with Crippen LogP contribution in [0.1, 0.15) is 24.0 Å². The maximum atomic E-state index is 12.6. The standard InChI is InChI=1S/C21H27N3O2/c1-16-6-2-3-7-17(16)14-22-10-12-23(13-11-22)15-24-20(25)18-8-4-5-9-19(18)21(24)26/h2-7,18-19H,8-15H2,1H3/t18-,19-/m1/s1. The third-order valence-electron chi connectivity index (χ3n) is 6.06. The van der Waals surface area contributed by atoms with E-state index in [9.17, 15) is 9.59 Å². The minimum atomic E-state index is -0.116. The summed E-state index contributed by atoms with van der Waals surface area (Å²) >= 11 is 0. The van der Waals surface area contributed by atoms with Crippen molar-refractivity contribution in [2.75, 3.05) is 32.8 Å². The molecule has 2 heterocycles. The number of benzene rings is 1. The number of amides is 2. The summed E-state index contributed by atoms with van der Waals surface area (Å²) < 4.78 is 0. The molecule has 5 heteroatoms. The molecule has 2 amide bonds. The van der Waals surface area contributed by atoms with Crippen molar-refractivity contribution in [2.24, 2.45) is 11.8 Å². The zero-order valence-electron chi connectivity index (χ0n) is 15.4. The van der Waals surface area contributed by atoms with E-state index in [-0.39, 0.29) is 23.7 Å². The number of carbonyl (C=O) groups is 2. The average Bonchev–Trinajstić information content (AvgIpc) is 2.90. The van der Waals surface area contributed by atoms with E-state index in [1.165, 1.54) is 16.0 Å². The van der Waals surface area contributed by atoms with Gasteiger partial charge in [-0.2, -0.15) is 0 Å². The molecule has 0 unspecified atom stereocenters. The van der Waals surface area contributed by atoms with Crippen molar-refractivity contribution >= 4 is 11.8 Å². The molecule has 1 aromatic carbocycles. The van der Waals surface area contributed by atoms with Crippen molar-refractivity contribution in [1.82, 2.24) is 14.7 Å². The molecule has 4 rings (SSSR count). The van der Waals surface area contributed by atoms with Crippen LogP contribution in [0, 0.1) is 18.8 Å². The van der Waals surface area contributed by atoms with E-state index in [2.05, 4.69) is 41.0 Å². The first-order valence-electron chi connectivity index (χ1n) is 9.63. The number of piperazine rings is 1. The lowest BCUT2D eigenvalue weighted by Gasteiger charge is -2.36. The molecule has 26 heavy (non-hydrogen) atoms. The summed E-state index contributed by atoms with van der Waals surface area (Å²) in [7, 11) is 0. The molecule has 0 spiro atoms. The van der Waals surface area contributed by atoms with Crippen LogP contribution in [0.4, 0.5) is 0 Å². The quantitative estimate of drug-likeness (QED) is 0.614. The highest BCUT2D eigenvalue weighted by Gasteiger charge is 2.47. The lowest BCUT2D eigenvalue weighted by atomic mass is 9.85. The minimum Gasteiger partial charge on any atom is -0.297 e. The van der Waals surface area contributed by atoms with E-state index in [4.69, 9.17) is 0 Å². The number of carbonyl (C=O) groups excluding carboxylic acids is 2. The topological polar surface area (TPSA) is 43.9 Å². The second-order valence-electron chi connectivity index (χ2n) is 7.72. The molecule has 0 aromatic heterocycles. The number of hydrogen-bond acceptors (Lipinski definition) is 4. The Kier molecular flexibility index (Phi) is 4.92. The van der Waals surface area contributed by atoms with E-state index in [1.54, 1.807) is 0 Å². The van der Waals surface area contributed by atoms with Crippen molar-refractivity contribution in [3.8, 4) is 0 Å². The molecule has 2 saturated heterocycles. The van der Waals surface area contributed by atoms with E-state index < -0.39 is 0 Å². The summed E-state index contributed by atoms with van der Waals surface area (Å²) in [6, 6.07) is 8.52. The fraction of sp³-hybridized carbons (Fsp3) is 0.524. The van der Waals surface area contributed by atoms with Gasteiger partial charge in [0, 0.05) is 32.7 Å². The first kappa shape index (κ1) is 17.4. The van der Waals surface area contributed by atoms with Gasteiger partial charge >= 0.3 is 0 Å². The van der Waals surface area contributed by atoms with Crippen LogP contribution >= 0.6 is 0 Å². The molecular weight excluding hydrogens is 326 g/mol. The molecule has 0 N–H and O–H groups in total. The van der Waals surface area contributed by atoms with Gasteiger partial charge in [0.2, 0.25) is 11.8 Å². The maximum absolute atomic E-state index is 12.6. The Balaban J connectivity index is 1.31. The van der Waals surface area contributed by atoms with Crippen LogP contribution in [0.5, 0.6) is 0 Å². The summed E-state index contributed by atoms with van der Waals surface area (Å²) in [6.07, 6.45) is 5.52. The Bertz CT molecular complexity index is 696. The highest BCUT2D eigenvalue weighted by atomic mass is 16.2. The van der Waals surface area contributed by atoms with Crippen LogP contribution < -0.4 is 0 Å². The van der Waals surface area contributed by atoms with Crippen LogP contribution in [-0.4, -0.2) is 59.4 Å². The van der Waals surface area contributed by atoms with E-state index in [0.29, 0.717) is 6.67 Å². The highest BCUT2D eigenvalue weighted by molar-refractivity contribution is 6.05. The van der Waals surface area contributed by atoms with Gasteiger partial charge in [0.25, 0.3) is 0 Å². The monoisotopic (exact) mass is 353 g/mol. The lowest BCUT2D eigenvalue weighted by Crippen LogP contribution is -2.51. The van der Waals surface area contributed by atoms with E-state index in [1.807, 2.05) is 12.2 Å². The Morgan fingerprint density at radius 3 is 2.08 bits per heavy atom. The third-order valence-corrected chi connectivity index (χ3v) is 6.06. The number of nitrogens with zero attached hydrogens (tertiary/aromatic N) is 3. The first-order chi connectivity index (χ1) is 12.6. The molecular formula is C21H27N3O2. The predicted octanol–water partition coefficient (Wildman–Crippen LogP) is 2.02. The smallest absolute Gasteiger partial charge is 0.234 e. The van der Waals surface area contributed by atoms with Gasteiger partial charge in [0.05, 0.1) is 18.5 Å². The van der Waals surface area contributed by atoms with Crippen molar-refractivity contribution in [1.29, 1.82) is 0 Å². The molecule has 5 nitrogen and oxygen atoms in total. The van der Waals surface area contributed by atoms with Crippen molar-refractivity contribution in [3.63, 3.8) is 0 Å². The molecule has 1 aliphatic carbocycles. The van der Waals surface area contributed by atoms with Gasteiger partial charge in [0.15, 0.2) is 0 Å². The highest BCUT2D eigenvalue weighted by Crippen LogP contribution is 2.35. The van der Waals surface area contributed by atoms with Crippen LogP contribution in [-0.2, 0) is 16.1 Å². The molecule has 0 saturated carbocycles. The van der Waals surface area contributed by atoms with Crippen molar-refractivity contribution < 1.29 is 9.59 Å².